The van der Waals surface area contributed by atoms with Crippen LogP contribution in [0.1, 0.15) is 59.5 Å². The van der Waals surface area contributed by atoms with Crippen molar-refractivity contribution in [1.82, 2.24) is 10.8 Å². The number of carbonyl (C=O) groups excluding carboxylic acids is 3. The molecule has 3 amide bonds. The van der Waals surface area contributed by atoms with E-state index in [1.807, 2.05) is 20.8 Å². The number of hydrogen-bond acceptors (Lipinski definition) is 5. The molecule has 4 N–H and O–H groups in total. The van der Waals surface area contributed by atoms with Crippen LogP contribution in [0.3, 0.4) is 0 Å². The van der Waals surface area contributed by atoms with Crippen molar-refractivity contribution >= 4 is 17.7 Å². The molecule has 2 rings (SSSR count). The number of ether oxygens (including phenoxy) is 1. The van der Waals surface area contributed by atoms with Crippen molar-refractivity contribution in [1.29, 1.82) is 0 Å². The van der Waals surface area contributed by atoms with Gasteiger partial charge in [0.2, 0.25) is 5.91 Å². The molecular formula is C27H29N3O5. The van der Waals surface area contributed by atoms with Crippen LogP contribution in [-0.2, 0) is 14.4 Å². The summed E-state index contributed by atoms with van der Waals surface area (Å²) < 4.78 is 5.84. The highest BCUT2D eigenvalue weighted by Crippen LogP contribution is 2.14. The number of nitrogens with two attached hydrogens (primary N) is 1. The molecule has 0 aromatic heterocycles. The zero-order valence-electron chi connectivity index (χ0n) is 20.4. The molecule has 8 heteroatoms. The van der Waals surface area contributed by atoms with Crippen LogP contribution in [0.15, 0.2) is 48.5 Å². The maximum atomic E-state index is 12.8. The van der Waals surface area contributed by atoms with E-state index < -0.39 is 35.5 Å². The van der Waals surface area contributed by atoms with Crippen LogP contribution in [0.25, 0.3) is 0 Å². The molecule has 0 unspecified atom stereocenters. The standard InChI is InChI=1S/C27H29N3O5/c1-18(35-27(2,3)4)23(26(33)30-34-5)29-25(32)22-16-12-20(13-17-22)9-7-6-8-19-10-14-21(15-11-19)24(28)31/h10-18,23H,1-5H3,(H2,28,31)(H,29,32)(H,30,33)/t18-,23+/m1/s1. The Kier molecular flexibility index (Phi) is 9.60. The quantitative estimate of drug-likeness (QED) is 0.419. The summed E-state index contributed by atoms with van der Waals surface area (Å²) in [5.41, 5.74) is 9.08. The molecule has 8 nitrogen and oxygen atoms in total. The molecule has 2 atom stereocenters. The lowest BCUT2D eigenvalue weighted by molar-refractivity contribution is -0.140. The number of amides is 3. The van der Waals surface area contributed by atoms with E-state index in [1.54, 1.807) is 55.5 Å². The first-order valence-corrected chi connectivity index (χ1v) is 10.8. The number of benzene rings is 2. The van der Waals surface area contributed by atoms with Gasteiger partial charge in [0.15, 0.2) is 0 Å². The molecule has 0 saturated heterocycles. The Morgan fingerprint density at radius 3 is 1.80 bits per heavy atom. The zero-order valence-corrected chi connectivity index (χ0v) is 20.4. The fourth-order valence-corrected chi connectivity index (χ4v) is 3.04. The Labute approximate surface area is 205 Å². The van der Waals surface area contributed by atoms with Gasteiger partial charge in [0.1, 0.15) is 6.04 Å². The lowest BCUT2D eigenvalue weighted by atomic mass is 10.1. The molecule has 0 fully saturated rings. The summed E-state index contributed by atoms with van der Waals surface area (Å²) in [6, 6.07) is 12.2. The number of carbonyl (C=O) groups is 3. The second kappa shape index (κ2) is 12.4. The minimum Gasteiger partial charge on any atom is -0.370 e. The smallest absolute Gasteiger partial charge is 0.268 e. The van der Waals surface area contributed by atoms with Gasteiger partial charge in [-0.25, -0.2) is 5.48 Å². The highest BCUT2D eigenvalue weighted by molar-refractivity contribution is 5.97. The third-order valence-electron chi connectivity index (χ3n) is 4.57. The first-order valence-electron chi connectivity index (χ1n) is 10.8. The average molecular weight is 476 g/mol. The number of hydrogen-bond donors (Lipinski definition) is 3. The van der Waals surface area contributed by atoms with E-state index in [2.05, 4.69) is 34.5 Å². The van der Waals surface area contributed by atoms with E-state index in [4.69, 9.17) is 15.3 Å². The Bertz CT molecular complexity index is 1170. The van der Waals surface area contributed by atoms with Gasteiger partial charge < -0.3 is 15.8 Å². The lowest BCUT2D eigenvalue weighted by Crippen LogP contribution is -2.54. The van der Waals surface area contributed by atoms with Crippen LogP contribution in [-0.4, -0.2) is 42.6 Å². The van der Waals surface area contributed by atoms with E-state index in [9.17, 15) is 14.4 Å². The minimum absolute atomic E-state index is 0.356. The van der Waals surface area contributed by atoms with E-state index in [0.717, 1.165) is 0 Å². The molecule has 2 aromatic carbocycles. The van der Waals surface area contributed by atoms with E-state index >= 15 is 0 Å². The van der Waals surface area contributed by atoms with Gasteiger partial charge in [0.05, 0.1) is 18.8 Å². The molecule has 182 valence electrons. The van der Waals surface area contributed by atoms with Crippen molar-refractivity contribution in [3.63, 3.8) is 0 Å². The first kappa shape index (κ1) is 27.1. The number of primary amides is 1. The Morgan fingerprint density at radius 2 is 1.37 bits per heavy atom. The highest BCUT2D eigenvalue weighted by atomic mass is 16.6. The molecule has 0 radical (unpaired) electrons. The second-order valence-electron chi connectivity index (χ2n) is 8.58. The van der Waals surface area contributed by atoms with Crippen molar-refractivity contribution in [3.05, 3.63) is 70.8 Å². The van der Waals surface area contributed by atoms with Crippen LogP contribution in [0.5, 0.6) is 0 Å². The molecule has 0 bridgehead atoms. The van der Waals surface area contributed by atoms with Gasteiger partial charge in [0, 0.05) is 22.3 Å². The topological polar surface area (TPSA) is 120 Å². The third kappa shape index (κ3) is 8.98. The fraction of sp³-hybridized carbons (Fsp3) is 0.296. The van der Waals surface area contributed by atoms with Crippen LogP contribution in [0.4, 0.5) is 0 Å². The first-order chi connectivity index (χ1) is 16.5. The summed E-state index contributed by atoms with van der Waals surface area (Å²) in [4.78, 5) is 41.0. The minimum atomic E-state index is -0.964. The van der Waals surface area contributed by atoms with Crippen molar-refractivity contribution in [3.8, 4) is 23.7 Å². The second-order valence-corrected chi connectivity index (χ2v) is 8.58. The van der Waals surface area contributed by atoms with Gasteiger partial charge in [-0.05, 0) is 88.1 Å². The average Bonchev–Trinajstić information content (AvgIpc) is 2.79. The Balaban J connectivity index is 2.07. The van der Waals surface area contributed by atoms with Gasteiger partial charge in [-0.2, -0.15) is 0 Å². The molecule has 0 aliphatic rings. The van der Waals surface area contributed by atoms with Gasteiger partial charge >= 0.3 is 0 Å². The van der Waals surface area contributed by atoms with Crippen LogP contribution < -0.4 is 16.5 Å². The third-order valence-corrected chi connectivity index (χ3v) is 4.57. The van der Waals surface area contributed by atoms with Gasteiger partial charge in [-0.15, -0.1) is 0 Å². The molecular weight excluding hydrogens is 446 g/mol. The number of rotatable bonds is 7. The SMILES string of the molecule is CONC(=O)[C@@H](NC(=O)c1ccc(C#CC#Cc2ccc(C(N)=O)cc2)cc1)[C@@H](C)OC(C)(C)C. The van der Waals surface area contributed by atoms with E-state index in [1.165, 1.54) is 7.11 Å². The van der Waals surface area contributed by atoms with E-state index in [-0.39, 0.29) is 0 Å². The van der Waals surface area contributed by atoms with Crippen LogP contribution >= 0.6 is 0 Å². The largest absolute Gasteiger partial charge is 0.370 e. The van der Waals surface area contributed by atoms with Crippen molar-refractivity contribution < 1.29 is 24.0 Å². The van der Waals surface area contributed by atoms with E-state index in [0.29, 0.717) is 22.3 Å². The normalized spacial score (nSPS) is 12.1. The maximum absolute atomic E-state index is 12.8. The highest BCUT2D eigenvalue weighted by Gasteiger charge is 2.31. The molecule has 0 spiro atoms. The monoisotopic (exact) mass is 475 g/mol. The van der Waals surface area contributed by atoms with Crippen LogP contribution in [0, 0.1) is 23.7 Å². The predicted octanol–water partition coefficient (Wildman–Crippen LogP) is 2.17. The summed E-state index contributed by atoms with van der Waals surface area (Å²) in [7, 11) is 1.32. The maximum Gasteiger partial charge on any atom is 0.268 e. The molecule has 0 saturated carbocycles. The molecule has 2 aromatic rings. The number of nitrogens with one attached hydrogen (secondary N) is 2. The van der Waals surface area contributed by atoms with Gasteiger partial charge in [-0.3, -0.25) is 19.2 Å². The van der Waals surface area contributed by atoms with Crippen molar-refractivity contribution in [2.45, 2.75) is 45.4 Å². The van der Waals surface area contributed by atoms with Gasteiger partial charge in [-0.1, -0.05) is 11.8 Å². The molecule has 35 heavy (non-hydrogen) atoms. The summed E-state index contributed by atoms with van der Waals surface area (Å²) >= 11 is 0. The predicted molar refractivity (Wildman–Crippen MR) is 132 cm³/mol. The summed E-state index contributed by atoms with van der Waals surface area (Å²) in [5.74, 6) is 9.81. The van der Waals surface area contributed by atoms with Gasteiger partial charge in [0.25, 0.3) is 11.8 Å². The Morgan fingerprint density at radius 1 is 0.886 bits per heavy atom. The van der Waals surface area contributed by atoms with Crippen molar-refractivity contribution in [2.75, 3.05) is 7.11 Å². The van der Waals surface area contributed by atoms with Crippen LogP contribution in [0.2, 0.25) is 0 Å². The summed E-state index contributed by atoms with van der Waals surface area (Å²) in [6.07, 6.45) is -0.607. The molecule has 0 aliphatic heterocycles. The number of hydroxylamine groups is 1. The zero-order chi connectivity index (χ0) is 26.0. The summed E-state index contributed by atoms with van der Waals surface area (Å²) in [5, 5.41) is 2.70. The molecule has 0 aliphatic carbocycles. The summed E-state index contributed by atoms with van der Waals surface area (Å²) in [6.45, 7) is 7.29. The Hall–Kier alpha value is -4.11. The van der Waals surface area contributed by atoms with Crippen molar-refractivity contribution in [2.24, 2.45) is 5.73 Å². The molecule has 0 heterocycles. The fourth-order valence-electron chi connectivity index (χ4n) is 3.04. The lowest BCUT2D eigenvalue weighted by Gasteiger charge is -2.30.